The van der Waals surface area contributed by atoms with E-state index < -0.39 is 24.3 Å². The van der Waals surface area contributed by atoms with Gasteiger partial charge in [0.2, 0.25) is 5.91 Å². The lowest BCUT2D eigenvalue weighted by molar-refractivity contribution is -0.139. The molecule has 14 heteroatoms. The first kappa shape index (κ1) is 40.4. The molecular formula is C49H52N8O6. The van der Waals surface area contributed by atoms with Crippen LogP contribution in [0.5, 0.6) is 0 Å². The largest absolute Gasteiger partial charge is 0.453 e. The highest BCUT2D eigenvalue weighted by atomic mass is 16.5. The molecule has 4 aliphatic rings. The fourth-order valence-corrected chi connectivity index (χ4v) is 10.9. The van der Waals surface area contributed by atoms with Crippen molar-refractivity contribution >= 4 is 45.8 Å². The van der Waals surface area contributed by atoms with Gasteiger partial charge in [0, 0.05) is 17.5 Å². The summed E-state index contributed by atoms with van der Waals surface area (Å²) in [7, 11) is 2.61. The number of nitrogens with zero attached hydrogens (tertiary/aromatic N) is 4. The Kier molecular flexibility index (Phi) is 10.2. The predicted octanol–water partition coefficient (Wildman–Crippen LogP) is 8.21. The average Bonchev–Trinajstić information content (AvgIpc) is 4.04. The second-order valence-corrected chi connectivity index (χ2v) is 18.0. The summed E-state index contributed by atoms with van der Waals surface area (Å²) in [5.41, 5.74) is 6.45. The van der Waals surface area contributed by atoms with Gasteiger partial charge in [-0.3, -0.25) is 9.59 Å². The quantitative estimate of drug-likeness (QED) is 0.107. The van der Waals surface area contributed by atoms with Crippen molar-refractivity contribution in [3.8, 4) is 22.4 Å². The molecule has 4 N–H and O–H groups in total. The van der Waals surface area contributed by atoms with Crippen LogP contribution in [0.4, 0.5) is 9.59 Å². The highest BCUT2D eigenvalue weighted by molar-refractivity contribution is 6.05. The molecule has 2 saturated heterocycles. The minimum atomic E-state index is -0.884. The molecule has 2 aromatic heterocycles. The van der Waals surface area contributed by atoms with Crippen molar-refractivity contribution in [2.75, 3.05) is 14.2 Å². The van der Waals surface area contributed by atoms with Crippen LogP contribution in [0.25, 0.3) is 44.2 Å². The number of imidazole rings is 2. The van der Waals surface area contributed by atoms with Gasteiger partial charge in [-0.15, -0.1) is 0 Å². The number of fused-ring (bicyclic) bond motifs is 6. The van der Waals surface area contributed by atoms with Crippen LogP contribution in [0.3, 0.4) is 0 Å². The summed E-state index contributed by atoms with van der Waals surface area (Å²) in [6, 6.07) is 26.4. The molecule has 0 radical (unpaired) electrons. The Bertz CT molecular complexity index is 2730. The van der Waals surface area contributed by atoms with E-state index in [9.17, 15) is 19.2 Å². The summed E-state index contributed by atoms with van der Waals surface area (Å²) in [4.78, 5) is 74.0. The number of hydrogen-bond acceptors (Lipinski definition) is 8. The van der Waals surface area contributed by atoms with E-state index in [2.05, 4.69) is 76.1 Å². The van der Waals surface area contributed by atoms with Gasteiger partial charge in [0.1, 0.15) is 23.7 Å². The van der Waals surface area contributed by atoms with E-state index in [-0.39, 0.29) is 41.9 Å². The number of likely N-dealkylation sites (tertiary alicyclic amines) is 2. The van der Waals surface area contributed by atoms with Crippen molar-refractivity contribution in [3.05, 3.63) is 108 Å². The summed E-state index contributed by atoms with van der Waals surface area (Å²) in [6.45, 7) is 6.04. The Hall–Kier alpha value is -6.70. The maximum absolute atomic E-state index is 14.3. The zero-order valence-electron chi connectivity index (χ0n) is 36.0. The van der Waals surface area contributed by atoms with Gasteiger partial charge >= 0.3 is 12.2 Å². The third kappa shape index (κ3) is 7.05. The topological polar surface area (TPSA) is 175 Å². The maximum Gasteiger partial charge on any atom is 0.407 e. The highest BCUT2D eigenvalue weighted by Gasteiger charge is 2.61. The molecule has 2 saturated carbocycles. The highest BCUT2D eigenvalue weighted by Crippen LogP contribution is 2.58. The van der Waals surface area contributed by atoms with Crippen molar-refractivity contribution < 1.29 is 28.7 Å². The second kappa shape index (κ2) is 15.9. The van der Waals surface area contributed by atoms with E-state index in [4.69, 9.17) is 19.4 Å². The van der Waals surface area contributed by atoms with Crippen molar-refractivity contribution in [1.82, 2.24) is 40.4 Å². The van der Waals surface area contributed by atoms with E-state index in [1.54, 1.807) is 0 Å². The van der Waals surface area contributed by atoms with Crippen LogP contribution in [-0.2, 0) is 19.1 Å². The molecule has 3 unspecified atom stereocenters. The van der Waals surface area contributed by atoms with Crippen LogP contribution in [0.15, 0.2) is 91.1 Å². The molecule has 324 valence electrons. The molecule has 9 atom stereocenters. The van der Waals surface area contributed by atoms with Crippen LogP contribution in [0.1, 0.15) is 81.8 Å². The Morgan fingerprint density at radius 1 is 0.778 bits per heavy atom. The summed E-state index contributed by atoms with van der Waals surface area (Å²) in [6.07, 6.45) is 4.26. The van der Waals surface area contributed by atoms with Crippen LogP contribution in [0, 0.1) is 23.7 Å². The Morgan fingerprint density at radius 3 is 2.25 bits per heavy atom. The van der Waals surface area contributed by atoms with Crippen LogP contribution >= 0.6 is 0 Å². The van der Waals surface area contributed by atoms with E-state index in [1.807, 2.05) is 66.2 Å². The first-order valence-electron chi connectivity index (χ1n) is 22.0. The first-order valence-corrected chi connectivity index (χ1v) is 22.0. The number of ether oxygens (including phenoxy) is 2. The van der Waals surface area contributed by atoms with Gasteiger partial charge in [0.25, 0.3) is 5.91 Å². The number of methoxy groups -OCH3 is 2. The molecule has 2 aliphatic carbocycles. The minimum Gasteiger partial charge on any atom is -0.453 e. The fraction of sp³-hybridized carbons (Fsp3) is 0.388. The molecule has 4 aromatic carbocycles. The lowest BCUT2D eigenvalue weighted by Crippen LogP contribution is -2.54. The number of carbonyl (C=O) groups is 4. The Balaban J connectivity index is 0.876. The third-order valence-electron chi connectivity index (χ3n) is 14.2. The number of H-pyrrole nitrogens is 2. The number of aromatic amines is 2. The van der Waals surface area contributed by atoms with Crippen molar-refractivity contribution in [2.24, 2.45) is 23.7 Å². The van der Waals surface area contributed by atoms with Crippen LogP contribution in [0.2, 0.25) is 0 Å². The molecule has 4 amide bonds. The number of hydrogen-bond donors (Lipinski definition) is 4. The smallest absolute Gasteiger partial charge is 0.407 e. The number of nitrogens with one attached hydrogen (secondary N) is 4. The Morgan fingerprint density at radius 2 is 1.51 bits per heavy atom. The molecule has 4 fully saturated rings. The zero-order valence-corrected chi connectivity index (χ0v) is 36.0. The first-order chi connectivity index (χ1) is 30.5. The number of carbonyl (C=O) groups excluding carboxylic acids is 4. The minimum absolute atomic E-state index is 0.0821. The van der Waals surface area contributed by atoms with Gasteiger partial charge in [-0.25, -0.2) is 19.6 Å². The van der Waals surface area contributed by atoms with Crippen molar-refractivity contribution in [3.63, 3.8) is 0 Å². The molecule has 6 aromatic rings. The van der Waals surface area contributed by atoms with E-state index in [0.29, 0.717) is 23.3 Å². The van der Waals surface area contributed by atoms with E-state index >= 15 is 0 Å². The van der Waals surface area contributed by atoms with E-state index in [0.717, 1.165) is 81.5 Å². The molecule has 10 rings (SSSR count). The number of aromatic nitrogens is 4. The normalized spacial score (nSPS) is 24.4. The van der Waals surface area contributed by atoms with Gasteiger partial charge in [-0.05, 0) is 89.1 Å². The van der Waals surface area contributed by atoms with Crippen molar-refractivity contribution in [2.45, 2.75) is 82.7 Å². The fourth-order valence-electron chi connectivity index (χ4n) is 10.9. The summed E-state index contributed by atoms with van der Waals surface area (Å²) in [5.74, 6) is 2.17. The Labute approximate surface area is 365 Å². The number of piperidine rings is 2. The summed E-state index contributed by atoms with van der Waals surface area (Å²) >= 11 is 0. The molecule has 0 spiro atoms. The molecular weight excluding hydrogens is 797 g/mol. The van der Waals surface area contributed by atoms with Gasteiger partial charge < -0.3 is 39.9 Å². The molecule has 63 heavy (non-hydrogen) atoms. The monoisotopic (exact) mass is 848 g/mol. The molecule has 14 nitrogen and oxygen atoms in total. The predicted molar refractivity (Wildman–Crippen MR) is 237 cm³/mol. The van der Waals surface area contributed by atoms with Gasteiger partial charge in [0.05, 0.1) is 49.2 Å². The van der Waals surface area contributed by atoms with Gasteiger partial charge in [-0.1, -0.05) is 93.6 Å². The lowest BCUT2D eigenvalue weighted by atomic mass is 9.95. The number of rotatable bonds is 10. The number of alkyl carbamates (subject to hydrolysis) is 2. The van der Waals surface area contributed by atoms with Crippen LogP contribution < -0.4 is 10.6 Å². The second-order valence-electron chi connectivity index (χ2n) is 18.0. The zero-order chi connectivity index (χ0) is 43.7. The van der Waals surface area contributed by atoms with Crippen LogP contribution in [-0.4, -0.2) is 86.1 Å². The third-order valence-corrected chi connectivity index (χ3v) is 14.2. The maximum atomic E-state index is 14.3. The standard InChI is InChI=1S/C49H52N8O6/c1-25(2)39(54-48(60)62-4)46(58)56-33-18-15-32(22-33)43(56)45-51-36-20-17-31-21-30(16-19-34(31)41(36)53-45)27-11-13-28(14-12-27)37-24-50-44(52-37)38-23-35-26(3)42(35)57(38)47(59)40(55-49(61)63-5)29-9-7-6-8-10-29/h6-14,16-17,19-21,24-26,32-33,35,38-40,42-43H,15,18,22-23H2,1-5H3,(H,50,52)(H,51,53)(H,54,60)(H,55,61)/t26?,32-,33+,35?,38-,39-,40+,42?,43-/m0/s1. The van der Waals surface area contributed by atoms with Gasteiger partial charge in [-0.2, -0.15) is 0 Å². The van der Waals surface area contributed by atoms with E-state index in [1.165, 1.54) is 14.2 Å². The molecule has 2 bridgehead atoms. The average molecular weight is 849 g/mol. The summed E-state index contributed by atoms with van der Waals surface area (Å²) in [5, 5.41) is 7.67. The molecule has 4 heterocycles. The lowest BCUT2D eigenvalue weighted by Gasteiger charge is -2.37. The van der Waals surface area contributed by atoms with Gasteiger partial charge in [0.15, 0.2) is 0 Å². The van der Waals surface area contributed by atoms with Crippen molar-refractivity contribution in [1.29, 1.82) is 0 Å². The SMILES string of the molecule is COC(=O)N[C@H](C(=O)N1[C@@H]2CC[C@@H](C2)[C@H]1c1nc2ccc3cc(-c4ccc(-c5cnc([C@@H]6CC7C(C)C7N6C(=O)[C@H](NC(=O)OC)c6ccccc6)[nH]5)cc4)ccc3c2[nH]1)C(C)C. The summed E-state index contributed by atoms with van der Waals surface area (Å²) < 4.78 is 9.75. The molecule has 2 aliphatic heterocycles. The number of amides is 4. The number of benzene rings is 4.